The average Bonchev–Trinajstić information content (AvgIpc) is 2.80. The van der Waals surface area contributed by atoms with E-state index in [2.05, 4.69) is 26.6 Å². The summed E-state index contributed by atoms with van der Waals surface area (Å²) in [7, 11) is 0. The van der Waals surface area contributed by atoms with Crippen LogP contribution in [-0.2, 0) is 11.2 Å². The highest BCUT2D eigenvalue weighted by Gasteiger charge is 2.16. The summed E-state index contributed by atoms with van der Waals surface area (Å²) in [5, 5.41) is 14.3. The molecular formula is C13H19BrN2O3S. The summed E-state index contributed by atoms with van der Waals surface area (Å²) in [6.45, 7) is 2.62. The lowest BCUT2D eigenvalue weighted by atomic mass is 10.0. The molecule has 1 atom stereocenters. The number of halogens is 1. The molecule has 3 N–H and O–H groups in total. The Labute approximate surface area is 130 Å². The summed E-state index contributed by atoms with van der Waals surface area (Å²) in [6, 6.07) is 3.67. The number of carboxylic acids is 1. The zero-order valence-electron chi connectivity index (χ0n) is 11.3. The Hall–Kier alpha value is -1.08. The van der Waals surface area contributed by atoms with Crippen molar-refractivity contribution in [2.45, 2.75) is 26.2 Å². The van der Waals surface area contributed by atoms with Crippen molar-refractivity contribution in [1.82, 2.24) is 10.6 Å². The summed E-state index contributed by atoms with van der Waals surface area (Å²) >= 11 is 5.02. The van der Waals surface area contributed by atoms with Crippen molar-refractivity contribution < 1.29 is 14.7 Å². The van der Waals surface area contributed by atoms with Gasteiger partial charge in [-0.3, -0.25) is 4.79 Å². The molecule has 1 aromatic heterocycles. The average molecular weight is 363 g/mol. The second kappa shape index (κ2) is 8.97. The first kappa shape index (κ1) is 17.0. The van der Waals surface area contributed by atoms with Crippen LogP contribution >= 0.6 is 27.3 Å². The molecule has 0 fully saturated rings. The highest BCUT2D eigenvalue weighted by Crippen LogP contribution is 2.21. The van der Waals surface area contributed by atoms with E-state index in [1.807, 2.05) is 19.1 Å². The Balaban J connectivity index is 2.21. The number of amides is 2. The maximum absolute atomic E-state index is 11.5. The van der Waals surface area contributed by atoms with Crippen LogP contribution in [0.1, 0.15) is 24.6 Å². The molecule has 7 heteroatoms. The first-order chi connectivity index (χ1) is 9.52. The largest absolute Gasteiger partial charge is 0.481 e. The van der Waals surface area contributed by atoms with E-state index >= 15 is 0 Å². The molecule has 0 spiro atoms. The number of carboxylic acid groups (broad SMARTS) is 1. The van der Waals surface area contributed by atoms with Crippen molar-refractivity contribution in [3.8, 4) is 0 Å². The van der Waals surface area contributed by atoms with Gasteiger partial charge in [-0.1, -0.05) is 13.3 Å². The summed E-state index contributed by atoms with van der Waals surface area (Å²) in [5.74, 6) is -1.38. The maximum Gasteiger partial charge on any atom is 0.314 e. The fourth-order valence-corrected chi connectivity index (χ4v) is 3.21. The topological polar surface area (TPSA) is 78.4 Å². The zero-order chi connectivity index (χ0) is 15.0. The van der Waals surface area contributed by atoms with Gasteiger partial charge in [-0.15, -0.1) is 11.3 Å². The van der Waals surface area contributed by atoms with Gasteiger partial charge in [-0.25, -0.2) is 4.79 Å². The molecule has 0 saturated carbocycles. The number of rotatable bonds is 8. The lowest BCUT2D eigenvalue weighted by Crippen LogP contribution is -2.40. The molecule has 0 aliphatic heterocycles. The van der Waals surface area contributed by atoms with Crippen molar-refractivity contribution >= 4 is 39.3 Å². The van der Waals surface area contributed by atoms with E-state index < -0.39 is 11.9 Å². The number of hydrogen-bond donors (Lipinski definition) is 3. The Morgan fingerprint density at radius 3 is 2.70 bits per heavy atom. The normalized spacial score (nSPS) is 11.9. The Morgan fingerprint density at radius 1 is 1.40 bits per heavy atom. The van der Waals surface area contributed by atoms with E-state index in [1.54, 1.807) is 11.3 Å². The van der Waals surface area contributed by atoms with Gasteiger partial charge < -0.3 is 15.7 Å². The lowest BCUT2D eigenvalue weighted by Gasteiger charge is -2.12. The third kappa shape index (κ3) is 6.38. The minimum atomic E-state index is -0.865. The highest BCUT2D eigenvalue weighted by molar-refractivity contribution is 9.11. The van der Waals surface area contributed by atoms with Gasteiger partial charge in [-0.05, 0) is 40.9 Å². The SMILES string of the molecule is CCCC(CNC(=O)NCCc1ccc(Br)s1)C(=O)O. The van der Waals surface area contributed by atoms with Crippen LogP contribution in [0.5, 0.6) is 0 Å². The van der Waals surface area contributed by atoms with Crippen molar-refractivity contribution in [3.05, 3.63) is 20.8 Å². The Kier molecular flexibility index (Phi) is 7.61. The van der Waals surface area contributed by atoms with Gasteiger partial charge in [0.05, 0.1) is 9.70 Å². The molecule has 0 aromatic carbocycles. The number of carbonyl (C=O) groups is 2. The predicted octanol–water partition coefficient (Wildman–Crippen LogP) is 2.85. The fourth-order valence-electron chi connectivity index (χ4n) is 1.73. The molecule has 0 radical (unpaired) electrons. The summed E-state index contributed by atoms with van der Waals surface area (Å²) in [4.78, 5) is 23.7. The third-order valence-electron chi connectivity index (χ3n) is 2.78. The molecule has 1 aromatic rings. The molecule has 0 aliphatic rings. The van der Waals surface area contributed by atoms with Crippen molar-refractivity contribution in [3.63, 3.8) is 0 Å². The van der Waals surface area contributed by atoms with E-state index in [0.29, 0.717) is 13.0 Å². The van der Waals surface area contributed by atoms with Crippen LogP contribution < -0.4 is 10.6 Å². The van der Waals surface area contributed by atoms with E-state index in [0.717, 1.165) is 16.6 Å². The first-order valence-corrected chi connectivity index (χ1v) is 8.12. The van der Waals surface area contributed by atoms with E-state index in [9.17, 15) is 9.59 Å². The number of hydrogen-bond acceptors (Lipinski definition) is 3. The monoisotopic (exact) mass is 362 g/mol. The molecular weight excluding hydrogens is 344 g/mol. The lowest BCUT2D eigenvalue weighted by molar-refractivity contribution is -0.141. The second-order valence-electron chi connectivity index (χ2n) is 4.42. The molecule has 0 aliphatic carbocycles. The molecule has 0 saturated heterocycles. The van der Waals surface area contributed by atoms with Crippen LogP contribution in [0.2, 0.25) is 0 Å². The third-order valence-corrected chi connectivity index (χ3v) is 4.46. The fraction of sp³-hybridized carbons (Fsp3) is 0.538. The Morgan fingerprint density at radius 2 is 2.15 bits per heavy atom. The molecule has 5 nitrogen and oxygen atoms in total. The van der Waals surface area contributed by atoms with Crippen LogP contribution in [0.3, 0.4) is 0 Å². The van der Waals surface area contributed by atoms with Crippen molar-refractivity contribution in [1.29, 1.82) is 0 Å². The minimum Gasteiger partial charge on any atom is -0.481 e. The van der Waals surface area contributed by atoms with Gasteiger partial charge in [0, 0.05) is 18.0 Å². The van der Waals surface area contributed by atoms with Crippen LogP contribution in [0, 0.1) is 5.92 Å². The van der Waals surface area contributed by atoms with Crippen molar-refractivity contribution in [2.24, 2.45) is 5.92 Å². The maximum atomic E-state index is 11.5. The van der Waals surface area contributed by atoms with Gasteiger partial charge in [0.1, 0.15) is 0 Å². The molecule has 1 rings (SSSR count). The van der Waals surface area contributed by atoms with Gasteiger partial charge in [0.2, 0.25) is 0 Å². The molecule has 1 unspecified atom stereocenters. The second-order valence-corrected chi connectivity index (χ2v) is 6.96. The number of urea groups is 1. The standard InChI is InChI=1S/C13H19BrN2O3S/c1-2-3-9(12(17)18)8-16-13(19)15-7-6-10-4-5-11(14)20-10/h4-5,9H,2-3,6-8H2,1H3,(H,17,18)(H2,15,16,19). The summed E-state index contributed by atoms with van der Waals surface area (Å²) in [5.41, 5.74) is 0. The summed E-state index contributed by atoms with van der Waals surface area (Å²) < 4.78 is 1.07. The predicted molar refractivity (Wildman–Crippen MR) is 83.2 cm³/mol. The zero-order valence-corrected chi connectivity index (χ0v) is 13.7. The first-order valence-electron chi connectivity index (χ1n) is 6.51. The van der Waals surface area contributed by atoms with Gasteiger partial charge in [-0.2, -0.15) is 0 Å². The number of carbonyl (C=O) groups excluding carboxylic acids is 1. The Bertz CT molecular complexity index is 451. The van der Waals surface area contributed by atoms with Crippen molar-refractivity contribution in [2.75, 3.05) is 13.1 Å². The van der Waals surface area contributed by atoms with Gasteiger partial charge in [0.15, 0.2) is 0 Å². The van der Waals surface area contributed by atoms with E-state index in [-0.39, 0.29) is 12.6 Å². The quantitative estimate of drug-likeness (QED) is 0.665. The molecule has 2 amide bonds. The van der Waals surface area contributed by atoms with Gasteiger partial charge in [0.25, 0.3) is 0 Å². The molecule has 20 heavy (non-hydrogen) atoms. The van der Waals surface area contributed by atoms with Crippen LogP contribution in [0.25, 0.3) is 0 Å². The number of thiophene rings is 1. The molecule has 112 valence electrons. The molecule has 0 bridgehead atoms. The smallest absolute Gasteiger partial charge is 0.314 e. The number of nitrogens with one attached hydrogen (secondary N) is 2. The van der Waals surface area contributed by atoms with E-state index in [1.165, 1.54) is 4.88 Å². The molecule has 1 heterocycles. The van der Waals surface area contributed by atoms with Crippen LogP contribution in [-0.4, -0.2) is 30.2 Å². The van der Waals surface area contributed by atoms with Crippen LogP contribution in [0.4, 0.5) is 4.79 Å². The van der Waals surface area contributed by atoms with Gasteiger partial charge >= 0.3 is 12.0 Å². The number of aliphatic carboxylic acids is 1. The minimum absolute atomic E-state index is 0.166. The van der Waals surface area contributed by atoms with E-state index in [4.69, 9.17) is 5.11 Å². The highest BCUT2D eigenvalue weighted by atomic mass is 79.9. The van der Waals surface area contributed by atoms with Crippen LogP contribution in [0.15, 0.2) is 15.9 Å². The summed E-state index contributed by atoms with van der Waals surface area (Å²) in [6.07, 6.45) is 2.12.